The summed E-state index contributed by atoms with van der Waals surface area (Å²) in [6, 6.07) is 0.893. The van der Waals surface area contributed by atoms with Gasteiger partial charge in [-0.2, -0.15) is 0 Å². The maximum Gasteiger partial charge on any atom is 0.0101 e. The van der Waals surface area contributed by atoms with E-state index in [2.05, 4.69) is 17.3 Å². The highest BCUT2D eigenvalue weighted by atomic mass is 15.1. The molecule has 2 heteroatoms. The summed E-state index contributed by atoms with van der Waals surface area (Å²) < 4.78 is 0. The largest absolute Gasteiger partial charge is 0.313 e. The topological polar surface area (TPSA) is 15.3 Å². The average molecular weight is 262 g/mol. The normalized spacial score (nSPS) is 46.9. The van der Waals surface area contributed by atoms with Crippen LogP contribution < -0.4 is 5.32 Å². The second kappa shape index (κ2) is 5.04. The van der Waals surface area contributed by atoms with Crippen LogP contribution in [0, 0.1) is 29.6 Å². The van der Waals surface area contributed by atoms with Crippen molar-refractivity contribution in [3.05, 3.63) is 0 Å². The minimum atomic E-state index is 0.893. The lowest BCUT2D eigenvalue weighted by molar-refractivity contribution is 0.181. The molecule has 0 radical (unpaired) electrons. The molecule has 1 heterocycles. The Morgan fingerprint density at radius 3 is 2.58 bits per heavy atom. The summed E-state index contributed by atoms with van der Waals surface area (Å²) in [6.07, 6.45) is 10.6. The third-order valence-electron chi connectivity index (χ3n) is 6.94. The quantitative estimate of drug-likeness (QED) is 0.841. The van der Waals surface area contributed by atoms with Crippen molar-refractivity contribution in [2.24, 2.45) is 29.6 Å². The monoisotopic (exact) mass is 262 g/mol. The molecular weight excluding hydrogens is 232 g/mol. The van der Waals surface area contributed by atoms with Gasteiger partial charge in [0.05, 0.1) is 0 Å². The fourth-order valence-electron chi connectivity index (χ4n) is 5.89. The molecule has 2 bridgehead atoms. The molecule has 0 unspecified atom stereocenters. The van der Waals surface area contributed by atoms with Crippen LogP contribution in [-0.2, 0) is 0 Å². The highest BCUT2D eigenvalue weighted by Gasteiger charge is 2.53. The first-order valence-corrected chi connectivity index (χ1v) is 8.73. The molecule has 4 rings (SSSR count). The van der Waals surface area contributed by atoms with Crippen LogP contribution in [0.1, 0.15) is 44.9 Å². The lowest BCUT2D eigenvalue weighted by Crippen LogP contribution is -2.43. The highest BCUT2D eigenvalue weighted by Crippen LogP contribution is 2.58. The van der Waals surface area contributed by atoms with E-state index < -0.39 is 0 Å². The zero-order valence-corrected chi connectivity index (χ0v) is 12.5. The summed E-state index contributed by atoms with van der Waals surface area (Å²) in [5.41, 5.74) is 0. The maximum atomic E-state index is 3.99. The van der Waals surface area contributed by atoms with Gasteiger partial charge in [-0.3, -0.25) is 0 Å². The Bertz CT molecular complexity index is 321. The lowest BCUT2D eigenvalue weighted by Gasteiger charge is -2.35. The van der Waals surface area contributed by atoms with Crippen molar-refractivity contribution in [1.82, 2.24) is 10.2 Å². The van der Waals surface area contributed by atoms with Gasteiger partial charge in [0.1, 0.15) is 0 Å². The number of nitrogens with zero attached hydrogens (tertiary/aromatic N) is 1. The Hall–Kier alpha value is -0.0800. The van der Waals surface area contributed by atoms with E-state index in [4.69, 9.17) is 0 Å². The number of hydrogen-bond acceptors (Lipinski definition) is 2. The van der Waals surface area contributed by atoms with E-state index >= 15 is 0 Å². The average Bonchev–Trinajstić information content (AvgIpc) is 3.10. The summed E-state index contributed by atoms with van der Waals surface area (Å²) in [5, 5.41) is 3.99. The van der Waals surface area contributed by atoms with Crippen molar-refractivity contribution < 1.29 is 0 Å². The van der Waals surface area contributed by atoms with Gasteiger partial charge in [-0.15, -0.1) is 0 Å². The number of rotatable bonds is 3. The standard InChI is InChI=1S/C17H30N2/c1-19-7-5-12(6-8-19)11-18-17-10-13-9-16(17)15-4-2-3-14(13)15/h12-18H,2-11H2,1H3/t13-,14+,15-,16+,17-/m1/s1. The van der Waals surface area contributed by atoms with E-state index in [1.54, 1.807) is 19.3 Å². The van der Waals surface area contributed by atoms with Crippen LogP contribution in [0.15, 0.2) is 0 Å². The zero-order valence-electron chi connectivity index (χ0n) is 12.5. The summed E-state index contributed by atoms with van der Waals surface area (Å²) in [5.74, 6) is 5.38. The van der Waals surface area contributed by atoms with E-state index in [-0.39, 0.29) is 0 Å². The third kappa shape index (κ3) is 2.25. The van der Waals surface area contributed by atoms with Crippen molar-refractivity contribution in [3.8, 4) is 0 Å². The lowest BCUT2D eigenvalue weighted by atomic mass is 9.79. The Labute approximate surface area is 118 Å². The van der Waals surface area contributed by atoms with E-state index in [0.717, 1.165) is 35.6 Å². The molecule has 5 atom stereocenters. The molecule has 0 aromatic heterocycles. The smallest absolute Gasteiger partial charge is 0.0101 e. The van der Waals surface area contributed by atoms with Crippen LogP contribution in [0.5, 0.6) is 0 Å². The predicted octanol–water partition coefficient (Wildman–Crippen LogP) is 2.74. The van der Waals surface area contributed by atoms with Gasteiger partial charge in [-0.05, 0) is 94.8 Å². The van der Waals surface area contributed by atoms with Crippen LogP contribution in [0.2, 0.25) is 0 Å². The summed E-state index contributed by atoms with van der Waals surface area (Å²) >= 11 is 0. The number of nitrogens with one attached hydrogen (secondary N) is 1. The summed E-state index contributed by atoms with van der Waals surface area (Å²) in [7, 11) is 2.26. The molecule has 0 spiro atoms. The molecule has 2 nitrogen and oxygen atoms in total. The molecule has 3 aliphatic carbocycles. The fourth-order valence-corrected chi connectivity index (χ4v) is 5.89. The first-order valence-electron chi connectivity index (χ1n) is 8.73. The molecule has 19 heavy (non-hydrogen) atoms. The number of hydrogen-bond donors (Lipinski definition) is 1. The molecule has 1 saturated heterocycles. The minimum Gasteiger partial charge on any atom is -0.313 e. The van der Waals surface area contributed by atoms with Crippen molar-refractivity contribution in [3.63, 3.8) is 0 Å². The van der Waals surface area contributed by atoms with Gasteiger partial charge < -0.3 is 10.2 Å². The summed E-state index contributed by atoms with van der Waals surface area (Å²) in [4.78, 5) is 2.48. The molecule has 4 aliphatic rings. The molecule has 0 amide bonds. The van der Waals surface area contributed by atoms with Crippen LogP contribution in [0.3, 0.4) is 0 Å². The number of likely N-dealkylation sites (tertiary alicyclic amines) is 1. The van der Waals surface area contributed by atoms with Crippen LogP contribution in [0.25, 0.3) is 0 Å². The second-order valence-corrected chi connectivity index (χ2v) is 7.92. The van der Waals surface area contributed by atoms with Crippen molar-refractivity contribution in [2.75, 3.05) is 26.7 Å². The van der Waals surface area contributed by atoms with Gasteiger partial charge >= 0.3 is 0 Å². The second-order valence-electron chi connectivity index (χ2n) is 7.92. The zero-order chi connectivity index (χ0) is 12.8. The van der Waals surface area contributed by atoms with Crippen LogP contribution in [0.4, 0.5) is 0 Å². The molecule has 0 aromatic carbocycles. The minimum absolute atomic E-state index is 0.893. The molecule has 1 N–H and O–H groups in total. The third-order valence-corrected chi connectivity index (χ3v) is 6.94. The van der Waals surface area contributed by atoms with E-state index in [1.165, 1.54) is 45.3 Å². The van der Waals surface area contributed by atoms with Gasteiger partial charge in [0.15, 0.2) is 0 Å². The molecular formula is C17H30N2. The van der Waals surface area contributed by atoms with Crippen molar-refractivity contribution in [1.29, 1.82) is 0 Å². The molecule has 3 saturated carbocycles. The van der Waals surface area contributed by atoms with E-state index in [1.807, 2.05) is 0 Å². The highest BCUT2D eigenvalue weighted by molar-refractivity contribution is 5.05. The first kappa shape index (κ1) is 12.6. The Morgan fingerprint density at radius 1 is 0.947 bits per heavy atom. The van der Waals surface area contributed by atoms with Crippen molar-refractivity contribution >= 4 is 0 Å². The van der Waals surface area contributed by atoms with Gasteiger partial charge in [-0.25, -0.2) is 0 Å². The SMILES string of the molecule is CN1CCC(CN[C@@H]2C[C@H]3C[C@H]2[C@@H]2CCC[C@@H]32)CC1. The number of piperidine rings is 1. The molecule has 108 valence electrons. The van der Waals surface area contributed by atoms with Crippen LogP contribution in [-0.4, -0.2) is 37.6 Å². The van der Waals surface area contributed by atoms with Gasteiger partial charge in [0.2, 0.25) is 0 Å². The summed E-state index contributed by atoms with van der Waals surface area (Å²) in [6.45, 7) is 3.93. The molecule has 1 aliphatic heterocycles. The van der Waals surface area contributed by atoms with Crippen molar-refractivity contribution in [2.45, 2.75) is 51.0 Å². The first-order chi connectivity index (χ1) is 9.31. The Balaban J connectivity index is 1.28. The van der Waals surface area contributed by atoms with E-state index in [0.29, 0.717) is 0 Å². The maximum absolute atomic E-state index is 3.99. The molecule has 0 aromatic rings. The van der Waals surface area contributed by atoms with E-state index in [9.17, 15) is 0 Å². The van der Waals surface area contributed by atoms with Crippen LogP contribution >= 0.6 is 0 Å². The van der Waals surface area contributed by atoms with Gasteiger partial charge in [0.25, 0.3) is 0 Å². The Morgan fingerprint density at radius 2 is 1.74 bits per heavy atom. The number of fused-ring (bicyclic) bond motifs is 5. The van der Waals surface area contributed by atoms with Gasteiger partial charge in [0, 0.05) is 6.04 Å². The molecule has 4 fully saturated rings. The van der Waals surface area contributed by atoms with Gasteiger partial charge in [-0.1, -0.05) is 6.42 Å². The Kier molecular flexibility index (Phi) is 3.35. The fraction of sp³-hybridized carbons (Fsp3) is 1.00. The predicted molar refractivity (Wildman–Crippen MR) is 79.1 cm³/mol.